The van der Waals surface area contributed by atoms with E-state index < -0.39 is 0 Å². The van der Waals surface area contributed by atoms with Gasteiger partial charge in [0.2, 0.25) is 0 Å². The molecule has 5 heteroatoms. The van der Waals surface area contributed by atoms with Crippen LogP contribution in [0, 0.1) is 0 Å². The van der Waals surface area contributed by atoms with E-state index in [4.69, 9.17) is 16.3 Å². The summed E-state index contributed by atoms with van der Waals surface area (Å²) in [6.45, 7) is 3.07. The molecule has 0 saturated carbocycles. The quantitative estimate of drug-likeness (QED) is 0.736. The zero-order valence-electron chi connectivity index (χ0n) is 10.4. The Balaban J connectivity index is 1.56. The summed E-state index contributed by atoms with van der Waals surface area (Å²) in [5.74, 6) is 0. The number of rotatable bonds is 7. The van der Waals surface area contributed by atoms with Gasteiger partial charge < -0.3 is 10.1 Å². The third-order valence-corrected chi connectivity index (χ3v) is 4.48. The van der Waals surface area contributed by atoms with Crippen LogP contribution in [0.2, 0.25) is 5.02 Å². The standard InChI is InChI=1S/C14H15BrClNOS/c15-12-7-14(19-10-12)8-17-5-6-18-9-11-1-3-13(16)4-2-11/h1-4,7,10,17H,5-6,8-9H2. The first-order valence-corrected chi connectivity index (χ1v) is 8.05. The minimum atomic E-state index is 0.628. The van der Waals surface area contributed by atoms with Crippen LogP contribution in [0.25, 0.3) is 0 Å². The Bertz CT molecular complexity index is 500. The van der Waals surface area contributed by atoms with Gasteiger partial charge in [-0.05, 0) is 39.7 Å². The van der Waals surface area contributed by atoms with Crippen molar-refractivity contribution in [3.8, 4) is 0 Å². The molecule has 102 valence electrons. The van der Waals surface area contributed by atoms with E-state index in [9.17, 15) is 0 Å². The van der Waals surface area contributed by atoms with E-state index in [1.54, 1.807) is 11.3 Å². The molecule has 0 radical (unpaired) electrons. The maximum Gasteiger partial charge on any atom is 0.0717 e. The molecule has 0 atom stereocenters. The topological polar surface area (TPSA) is 21.3 Å². The Morgan fingerprint density at radius 1 is 1.26 bits per heavy atom. The number of benzene rings is 1. The average molecular weight is 361 g/mol. The molecule has 0 spiro atoms. The Labute approximate surface area is 130 Å². The molecular formula is C14H15BrClNOS. The van der Waals surface area contributed by atoms with E-state index in [-0.39, 0.29) is 0 Å². The van der Waals surface area contributed by atoms with Gasteiger partial charge in [0.25, 0.3) is 0 Å². The molecule has 0 bridgehead atoms. The van der Waals surface area contributed by atoms with Crippen molar-refractivity contribution in [2.24, 2.45) is 0 Å². The highest BCUT2D eigenvalue weighted by atomic mass is 79.9. The van der Waals surface area contributed by atoms with E-state index in [0.29, 0.717) is 13.2 Å². The van der Waals surface area contributed by atoms with E-state index >= 15 is 0 Å². The smallest absolute Gasteiger partial charge is 0.0717 e. The predicted octanol–water partition coefficient (Wildman–Crippen LogP) is 4.47. The maximum absolute atomic E-state index is 5.82. The van der Waals surface area contributed by atoms with Crippen molar-refractivity contribution >= 4 is 38.9 Å². The lowest BCUT2D eigenvalue weighted by Gasteiger charge is -2.05. The predicted molar refractivity (Wildman–Crippen MR) is 84.8 cm³/mol. The molecule has 1 heterocycles. The number of hydrogen-bond acceptors (Lipinski definition) is 3. The first kappa shape index (κ1) is 15.0. The van der Waals surface area contributed by atoms with Crippen LogP contribution < -0.4 is 5.32 Å². The molecule has 1 N–H and O–H groups in total. The van der Waals surface area contributed by atoms with Gasteiger partial charge in [-0.2, -0.15) is 0 Å². The van der Waals surface area contributed by atoms with Crippen LogP contribution in [-0.4, -0.2) is 13.2 Å². The fourth-order valence-electron chi connectivity index (χ4n) is 1.57. The number of nitrogens with one attached hydrogen (secondary N) is 1. The minimum Gasteiger partial charge on any atom is -0.375 e. The van der Waals surface area contributed by atoms with Gasteiger partial charge in [-0.25, -0.2) is 0 Å². The van der Waals surface area contributed by atoms with Crippen molar-refractivity contribution in [1.29, 1.82) is 0 Å². The molecule has 2 nitrogen and oxygen atoms in total. The van der Waals surface area contributed by atoms with Crippen molar-refractivity contribution in [1.82, 2.24) is 5.32 Å². The van der Waals surface area contributed by atoms with Gasteiger partial charge in [0.15, 0.2) is 0 Å². The molecule has 0 aliphatic heterocycles. The zero-order chi connectivity index (χ0) is 13.5. The van der Waals surface area contributed by atoms with Crippen LogP contribution in [0.5, 0.6) is 0 Å². The minimum absolute atomic E-state index is 0.628. The molecule has 19 heavy (non-hydrogen) atoms. The number of ether oxygens (including phenoxy) is 1. The van der Waals surface area contributed by atoms with Crippen LogP contribution in [0.3, 0.4) is 0 Å². The fraction of sp³-hybridized carbons (Fsp3) is 0.286. The molecule has 0 aliphatic rings. The van der Waals surface area contributed by atoms with Crippen LogP contribution in [0.15, 0.2) is 40.2 Å². The van der Waals surface area contributed by atoms with Crippen molar-refractivity contribution < 1.29 is 4.74 Å². The van der Waals surface area contributed by atoms with Gasteiger partial charge in [-0.1, -0.05) is 23.7 Å². The number of hydrogen-bond donors (Lipinski definition) is 1. The van der Waals surface area contributed by atoms with Crippen molar-refractivity contribution in [3.05, 3.63) is 55.6 Å². The Morgan fingerprint density at radius 3 is 2.74 bits per heavy atom. The molecule has 2 rings (SSSR count). The highest BCUT2D eigenvalue weighted by molar-refractivity contribution is 9.10. The summed E-state index contributed by atoms with van der Waals surface area (Å²) in [5.41, 5.74) is 1.14. The average Bonchev–Trinajstić information content (AvgIpc) is 2.81. The van der Waals surface area contributed by atoms with Crippen molar-refractivity contribution in [3.63, 3.8) is 0 Å². The third kappa shape index (κ3) is 5.63. The summed E-state index contributed by atoms with van der Waals surface area (Å²) in [4.78, 5) is 1.32. The molecule has 1 aromatic heterocycles. The van der Waals surface area contributed by atoms with Crippen LogP contribution in [-0.2, 0) is 17.9 Å². The zero-order valence-corrected chi connectivity index (χ0v) is 13.5. The molecule has 0 aliphatic carbocycles. The van der Waals surface area contributed by atoms with Crippen LogP contribution in [0.1, 0.15) is 10.4 Å². The lowest BCUT2D eigenvalue weighted by atomic mass is 10.2. The second-order valence-electron chi connectivity index (χ2n) is 4.09. The lowest BCUT2D eigenvalue weighted by Crippen LogP contribution is -2.18. The summed E-state index contributed by atoms with van der Waals surface area (Å²) in [5, 5.41) is 6.20. The number of thiophene rings is 1. The Hall–Kier alpha value is -0.390. The summed E-state index contributed by atoms with van der Waals surface area (Å²) in [6.07, 6.45) is 0. The van der Waals surface area contributed by atoms with E-state index in [1.165, 1.54) is 4.88 Å². The molecule has 1 aromatic carbocycles. The van der Waals surface area contributed by atoms with Gasteiger partial charge >= 0.3 is 0 Å². The highest BCUT2D eigenvalue weighted by Gasteiger charge is 1.97. The van der Waals surface area contributed by atoms with E-state index in [1.807, 2.05) is 24.3 Å². The maximum atomic E-state index is 5.82. The second kappa shape index (κ2) is 8.02. The van der Waals surface area contributed by atoms with Crippen molar-refractivity contribution in [2.45, 2.75) is 13.2 Å². The molecule has 0 saturated heterocycles. The van der Waals surface area contributed by atoms with E-state index in [0.717, 1.165) is 28.1 Å². The summed E-state index contributed by atoms with van der Waals surface area (Å²) in [6, 6.07) is 9.87. The van der Waals surface area contributed by atoms with Crippen molar-refractivity contribution in [2.75, 3.05) is 13.2 Å². The number of halogens is 2. The molecule has 0 unspecified atom stereocenters. The monoisotopic (exact) mass is 359 g/mol. The lowest BCUT2D eigenvalue weighted by molar-refractivity contribution is 0.122. The van der Waals surface area contributed by atoms with Gasteiger partial charge in [-0.3, -0.25) is 0 Å². The first-order valence-electron chi connectivity index (χ1n) is 6.00. The third-order valence-electron chi connectivity index (χ3n) is 2.53. The first-order chi connectivity index (χ1) is 9.24. The fourth-order valence-corrected chi connectivity index (χ4v) is 3.12. The molecule has 0 fully saturated rings. The van der Waals surface area contributed by atoms with Gasteiger partial charge in [0, 0.05) is 32.8 Å². The summed E-state index contributed by atoms with van der Waals surface area (Å²) in [7, 11) is 0. The molecule has 2 aromatic rings. The van der Waals surface area contributed by atoms with E-state index in [2.05, 4.69) is 32.7 Å². The summed E-state index contributed by atoms with van der Waals surface area (Å²) >= 11 is 11.0. The normalized spacial score (nSPS) is 10.8. The summed E-state index contributed by atoms with van der Waals surface area (Å²) < 4.78 is 6.74. The molecule has 0 amide bonds. The Morgan fingerprint density at radius 2 is 2.05 bits per heavy atom. The van der Waals surface area contributed by atoms with Crippen LogP contribution >= 0.6 is 38.9 Å². The highest BCUT2D eigenvalue weighted by Crippen LogP contribution is 2.19. The SMILES string of the molecule is Clc1ccc(COCCNCc2cc(Br)cs2)cc1. The largest absolute Gasteiger partial charge is 0.375 e. The Kier molecular flexibility index (Phi) is 6.34. The van der Waals surface area contributed by atoms with Crippen LogP contribution in [0.4, 0.5) is 0 Å². The van der Waals surface area contributed by atoms with Gasteiger partial charge in [0.05, 0.1) is 13.2 Å². The van der Waals surface area contributed by atoms with Gasteiger partial charge in [-0.15, -0.1) is 11.3 Å². The molecular weight excluding hydrogens is 346 g/mol. The second-order valence-corrected chi connectivity index (χ2v) is 6.43. The van der Waals surface area contributed by atoms with Gasteiger partial charge in [0.1, 0.15) is 0 Å².